The van der Waals surface area contributed by atoms with Gasteiger partial charge in [0, 0.05) is 43.8 Å². The predicted octanol–water partition coefficient (Wildman–Crippen LogP) is 14.7. The number of rotatable bonds is 7. The Bertz CT molecular complexity index is 3600. The van der Waals surface area contributed by atoms with Crippen LogP contribution in [0.4, 0.5) is 0 Å². The van der Waals surface area contributed by atoms with E-state index in [0.29, 0.717) is 0 Å². The highest BCUT2D eigenvalue weighted by Gasteiger charge is 2.44. The molecule has 1 N–H and O–H groups in total. The van der Waals surface area contributed by atoms with Crippen LogP contribution in [0.2, 0.25) is 0 Å². The maximum atomic E-state index is 5.81. The maximum absolute atomic E-state index is 5.81. The summed E-state index contributed by atoms with van der Waals surface area (Å²) in [6.45, 7) is 6.78. The lowest BCUT2D eigenvalue weighted by molar-refractivity contribution is 0.0604. The SMILES string of the molecule is Cc1ccccc1-c1cccc(C2=NC(c3ccccc3)N(C)C(C)(c3cccc(-c4ccccc4C)c3-n3c4ccccc4c4ccccc43)N2)c1-n1c2ccccc2c2ccccc21. The van der Waals surface area contributed by atoms with E-state index in [1.165, 1.54) is 49.4 Å². The van der Waals surface area contributed by atoms with Gasteiger partial charge in [0.1, 0.15) is 17.7 Å². The lowest BCUT2D eigenvalue weighted by Gasteiger charge is -2.48. The van der Waals surface area contributed by atoms with E-state index in [4.69, 9.17) is 4.99 Å². The molecule has 11 aromatic rings. The van der Waals surface area contributed by atoms with Crippen molar-refractivity contribution in [3.05, 3.63) is 240 Å². The van der Waals surface area contributed by atoms with Crippen LogP contribution in [-0.4, -0.2) is 26.9 Å². The molecule has 0 aliphatic carbocycles. The quantitative estimate of drug-likeness (QED) is 0.173. The number of benzene rings is 9. The zero-order chi connectivity index (χ0) is 44.5. The number of aromatic nitrogens is 2. The van der Waals surface area contributed by atoms with Gasteiger partial charge in [0.05, 0.1) is 33.4 Å². The second-order valence-corrected chi connectivity index (χ2v) is 17.8. The predicted molar refractivity (Wildman–Crippen MR) is 276 cm³/mol. The number of amidine groups is 1. The van der Waals surface area contributed by atoms with Crippen LogP contribution in [0.1, 0.15) is 40.9 Å². The zero-order valence-electron chi connectivity index (χ0n) is 37.6. The number of nitrogens with one attached hydrogen (secondary N) is 1. The summed E-state index contributed by atoms with van der Waals surface area (Å²) < 4.78 is 4.98. The number of hydrogen-bond acceptors (Lipinski definition) is 3. The topological polar surface area (TPSA) is 37.5 Å². The van der Waals surface area contributed by atoms with Crippen LogP contribution in [0.15, 0.2) is 217 Å². The number of aliphatic imine (C=N–C) groups is 1. The molecule has 0 radical (unpaired) electrons. The number of nitrogens with zero attached hydrogens (tertiary/aromatic N) is 4. The van der Waals surface area contributed by atoms with Crippen molar-refractivity contribution in [1.29, 1.82) is 0 Å². The van der Waals surface area contributed by atoms with Gasteiger partial charge in [-0.25, -0.2) is 4.99 Å². The van der Waals surface area contributed by atoms with E-state index in [1.807, 2.05) is 0 Å². The molecule has 0 saturated heterocycles. The number of hydrogen-bond donors (Lipinski definition) is 1. The van der Waals surface area contributed by atoms with Gasteiger partial charge in [-0.15, -0.1) is 0 Å². The number of fused-ring (bicyclic) bond motifs is 6. The van der Waals surface area contributed by atoms with Crippen molar-refractivity contribution in [3.63, 3.8) is 0 Å². The Morgan fingerprint density at radius 1 is 0.409 bits per heavy atom. The molecule has 0 spiro atoms. The van der Waals surface area contributed by atoms with Crippen LogP contribution in [0.25, 0.3) is 77.2 Å². The first kappa shape index (κ1) is 39.6. The van der Waals surface area contributed by atoms with Gasteiger partial charge >= 0.3 is 0 Å². The Morgan fingerprint density at radius 3 is 1.32 bits per heavy atom. The van der Waals surface area contributed by atoms with Gasteiger partial charge in [0.25, 0.3) is 0 Å². The summed E-state index contributed by atoms with van der Waals surface area (Å²) in [4.78, 5) is 8.23. The Hall–Kier alpha value is -7.99. The van der Waals surface area contributed by atoms with Gasteiger partial charge in [0.15, 0.2) is 0 Å². The van der Waals surface area contributed by atoms with Crippen LogP contribution in [0.5, 0.6) is 0 Å². The zero-order valence-corrected chi connectivity index (χ0v) is 37.6. The van der Waals surface area contributed by atoms with Crippen molar-refractivity contribution in [1.82, 2.24) is 19.4 Å². The molecule has 0 amide bonds. The van der Waals surface area contributed by atoms with Crippen LogP contribution < -0.4 is 5.32 Å². The molecule has 2 aromatic heterocycles. The van der Waals surface area contributed by atoms with Crippen molar-refractivity contribution in [3.8, 4) is 33.6 Å². The molecule has 1 aliphatic rings. The van der Waals surface area contributed by atoms with Crippen molar-refractivity contribution in [2.24, 2.45) is 4.99 Å². The first-order valence-electron chi connectivity index (χ1n) is 22.9. The fourth-order valence-electron chi connectivity index (χ4n) is 10.8. The van der Waals surface area contributed by atoms with E-state index in [-0.39, 0.29) is 6.17 Å². The van der Waals surface area contributed by atoms with Crippen molar-refractivity contribution in [2.75, 3.05) is 7.05 Å². The highest BCUT2D eigenvalue weighted by molar-refractivity contribution is 6.13. The van der Waals surface area contributed by atoms with Crippen LogP contribution in [-0.2, 0) is 5.66 Å². The molecule has 318 valence electrons. The van der Waals surface area contributed by atoms with E-state index >= 15 is 0 Å². The maximum Gasteiger partial charge on any atom is 0.134 e. The summed E-state index contributed by atoms with van der Waals surface area (Å²) in [5.41, 5.74) is 16.5. The first-order chi connectivity index (χ1) is 32.4. The van der Waals surface area contributed by atoms with Crippen molar-refractivity contribution >= 4 is 49.4 Å². The Kier molecular flexibility index (Phi) is 9.37. The minimum atomic E-state index is -0.811. The summed E-state index contributed by atoms with van der Waals surface area (Å²) in [5, 5.41) is 9.12. The fourth-order valence-corrected chi connectivity index (χ4v) is 10.8. The average molecular weight is 852 g/mol. The van der Waals surface area contributed by atoms with E-state index in [0.717, 1.165) is 61.5 Å². The third-order valence-corrected chi connectivity index (χ3v) is 14.1. The van der Waals surface area contributed by atoms with Crippen LogP contribution >= 0.6 is 0 Å². The number of para-hydroxylation sites is 6. The summed E-state index contributed by atoms with van der Waals surface area (Å²) in [6.07, 6.45) is -0.339. The van der Waals surface area contributed by atoms with Gasteiger partial charge in [-0.2, -0.15) is 0 Å². The van der Waals surface area contributed by atoms with Crippen LogP contribution in [0.3, 0.4) is 0 Å². The molecule has 5 heteroatoms. The third-order valence-electron chi connectivity index (χ3n) is 14.1. The van der Waals surface area contributed by atoms with Gasteiger partial charge in [-0.3, -0.25) is 4.90 Å². The van der Waals surface area contributed by atoms with Gasteiger partial charge < -0.3 is 14.5 Å². The first-order valence-corrected chi connectivity index (χ1v) is 22.9. The van der Waals surface area contributed by atoms with Gasteiger partial charge in [-0.05, 0) is 86.0 Å². The molecule has 2 unspecified atom stereocenters. The molecule has 0 saturated carbocycles. The highest BCUT2D eigenvalue weighted by atomic mass is 15.4. The largest absolute Gasteiger partial charge is 0.348 e. The normalized spacial score (nSPS) is 16.5. The molecule has 1 aliphatic heterocycles. The second-order valence-electron chi connectivity index (χ2n) is 17.8. The standard InChI is InChI=1S/C61H49N5/c1-40-22-8-10-26-43(40)49-32-20-34-51(57(49)65-53-36-16-12-28-45(53)46-29-13-17-37-54(46)65)59-62-60(42-24-6-5-7-25-42)64(4)61(3,63-59)52-35-21-33-50(44-27-11-9-23-41(44)2)58(52)66-55-38-18-14-30-47(55)48-31-15-19-39-56(48)66/h5-39,60H,1-4H3,(H,62,63). The minimum Gasteiger partial charge on any atom is -0.348 e. The van der Waals surface area contributed by atoms with Gasteiger partial charge in [0.2, 0.25) is 0 Å². The lowest BCUT2D eigenvalue weighted by atomic mass is 9.88. The van der Waals surface area contributed by atoms with E-state index < -0.39 is 5.66 Å². The monoisotopic (exact) mass is 851 g/mol. The van der Waals surface area contributed by atoms with Crippen molar-refractivity contribution in [2.45, 2.75) is 32.6 Å². The lowest BCUT2D eigenvalue weighted by Crippen LogP contribution is -2.59. The molecule has 9 aromatic carbocycles. The minimum absolute atomic E-state index is 0.339. The van der Waals surface area contributed by atoms with E-state index in [1.54, 1.807) is 0 Å². The summed E-state index contributed by atoms with van der Waals surface area (Å²) in [6, 6.07) is 77.1. The molecular formula is C61H49N5. The average Bonchev–Trinajstić information content (AvgIpc) is 3.88. The third kappa shape index (κ3) is 6.08. The molecule has 0 bridgehead atoms. The smallest absolute Gasteiger partial charge is 0.134 e. The molecular weight excluding hydrogens is 803 g/mol. The summed E-state index contributed by atoms with van der Waals surface area (Å²) >= 11 is 0. The van der Waals surface area contributed by atoms with Gasteiger partial charge in [-0.1, -0.05) is 182 Å². The van der Waals surface area contributed by atoms with Crippen molar-refractivity contribution < 1.29 is 0 Å². The summed E-state index contributed by atoms with van der Waals surface area (Å²) in [7, 11) is 2.22. The fraction of sp³-hybridized carbons (Fsp3) is 0.0984. The van der Waals surface area contributed by atoms with E-state index in [2.05, 4.69) is 259 Å². The second kappa shape index (κ2) is 15.6. The Balaban J connectivity index is 1.18. The molecule has 2 atom stereocenters. The molecule has 12 rings (SSSR count). The Labute approximate surface area is 385 Å². The Morgan fingerprint density at radius 2 is 0.803 bits per heavy atom. The van der Waals surface area contributed by atoms with Crippen LogP contribution in [0, 0.1) is 13.8 Å². The highest BCUT2D eigenvalue weighted by Crippen LogP contribution is 2.47. The summed E-state index contributed by atoms with van der Waals surface area (Å²) in [5.74, 6) is 0.825. The van der Waals surface area contributed by atoms with E-state index in [9.17, 15) is 0 Å². The molecule has 0 fully saturated rings. The number of aryl methyl sites for hydroxylation is 2. The molecule has 66 heavy (non-hydrogen) atoms. The molecule has 3 heterocycles. The molecule has 5 nitrogen and oxygen atoms in total.